The van der Waals surface area contributed by atoms with E-state index in [-0.39, 0.29) is 0 Å². The summed E-state index contributed by atoms with van der Waals surface area (Å²) in [4.78, 5) is 15.9. The number of benzene rings is 3. The Balaban J connectivity index is 1.71. The van der Waals surface area contributed by atoms with Crippen molar-refractivity contribution in [3.05, 3.63) is 96.1 Å². The lowest BCUT2D eigenvalue weighted by Crippen LogP contribution is -2.18. The van der Waals surface area contributed by atoms with Crippen molar-refractivity contribution >= 4 is 17.9 Å². The van der Waals surface area contributed by atoms with Crippen LogP contribution in [0.3, 0.4) is 0 Å². The summed E-state index contributed by atoms with van der Waals surface area (Å²) >= 11 is 0. The molecule has 3 aromatic rings. The maximum Gasteiger partial charge on any atom is 0.349 e. The van der Waals surface area contributed by atoms with Gasteiger partial charge in [-0.2, -0.15) is 0 Å². The molecule has 4 heteroatoms. The molecule has 0 radical (unpaired) electrons. The fourth-order valence-corrected chi connectivity index (χ4v) is 2.32. The Kier molecular flexibility index (Phi) is 5.22. The molecule has 1 N–H and O–H groups in total. The quantitative estimate of drug-likeness (QED) is 0.669. The van der Waals surface area contributed by atoms with Crippen LogP contribution in [0.5, 0.6) is 5.75 Å². The summed E-state index contributed by atoms with van der Waals surface area (Å²) in [7, 11) is 0. The third-order valence-electron chi connectivity index (χ3n) is 3.58. The van der Waals surface area contributed by atoms with Gasteiger partial charge in [0.15, 0.2) is 0 Å². The molecule has 0 heterocycles. The average Bonchev–Trinajstić information content (AvgIpc) is 2.66. The summed E-state index contributed by atoms with van der Waals surface area (Å²) in [6.45, 7) is 0. The highest BCUT2D eigenvalue weighted by molar-refractivity contribution is 5.82. The van der Waals surface area contributed by atoms with Crippen LogP contribution in [0.15, 0.2) is 89.9 Å². The van der Waals surface area contributed by atoms with Crippen LogP contribution < -0.4 is 4.74 Å². The second-order valence-electron chi connectivity index (χ2n) is 5.41. The van der Waals surface area contributed by atoms with Crippen molar-refractivity contribution in [1.29, 1.82) is 0 Å². The molecular formula is C21H17NO3. The largest absolute Gasteiger partial charge is 0.478 e. The molecule has 0 amide bonds. The molecule has 3 aromatic carbocycles. The Bertz CT molecular complexity index is 843. The van der Waals surface area contributed by atoms with Gasteiger partial charge in [0, 0.05) is 11.8 Å². The monoisotopic (exact) mass is 331 g/mol. The molecule has 0 aliphatic carbocycles. The number of hydrogen-bond donors (Lipinski definition) is 1. The first-order valence-corrected chi connectivity index (χ1v) is 7.86. The molecule has 0 bridgehead atoms. The van der Waals surface area contributed by atoms with Crippen molar-refractivity contribution in [2.45, 2.75) is 6.10 Å². The lowest BCUT2D eigenvalue weighted by molar-refractivity contribution is -0.145. The van der Waals surface area contributed by atoms with Gasteiger partial charge in [-0.3, -0.25) is 4.99 Å². The van der Waals surface area contributed by atoms with Gasteiger partial charge in [-0.25, -0.2) is 4.79 Å². The average molecular weight is 331 g/mol. The number of para-hydroxylation sites is 1. The van der Waals surface area contributed by atoms with E-state index in [0.29, 0.717) is 11.3 Å². The molecule has 25 heavy (non-hydrogen) atoms. The fourth-order valence-electron chi connectivity index (χ4n) is 2.32. The van der Waals surface area contributed by atoms with Crippen molar-refractivity contribution in [3.8, 4) is 5.75 Å². The van der Waals surface area contributed by atoms with Crippen LogP contribution in [0.25, 0.3) is 0 Å². The number of carboxylic acids is 1. The van der Waals surface area contributed by atoms with Gasteiger partial charge >= 0.3 is 5.97 Å². The van der Waals surface area contributed by atoms with Gasteiger partial charge in [-0.1, -0.05) is 48.5 Å². The van der Waals surface area contributed by atoms with Crippen LogP contribution in [0, 0.1) is 0 Å². The molecular weight excluding hydrogens is 314 g/mol. The molecule has 1 unspecified atom stereocenters. The third kappa shape index (κ3) is 4.54. The summed E-state index contributed by atoms with van der Waals surface area (Å²) < 4.78 is 5.64. The van der Waals surface area contributed by atoms with E-state index in [9.17, 15) is 9.90 Å². The van der Waals surface area contributed by atoms with E-state index >= 15 is 0 Å². The first-order valence-electron chi connectivity index (χ1n) is 7.86. The highest BCUT2D eigenvalue weighted by atomic mass is 16.5. The van der Waals surface area contributed by atoms with Gasteiger partial charge in [0.1, 0.15) is 5.75 Å². The van der Waals surface area contributed by atoms with Crippen molar-refractivity contribution in [2.75, 3.05) is 0 Å². The molecule has 3 rings (SSSR count). The van der Waals surface area contributed by atoms with Gasteiger partial charge in [0.05, 0.1) is 5.69 Å². The van der Waals surface area contributed by atoms with Crippen LogP contribution in [0.1, 0.15) is 17.2 Å². The van der Waals surface area contributed by atoms with Crippen LogP contribution in [0.4, 0.5) is 5.69 Å². The van der Waals surface area contributed by atoms with Gasteiger partial charge in [0.25, 0.3) is 0 Å². The SMILES string of the molecule is O=C(O)C(Oc1ccc(C=Nc2ccccc2)cc1)c1ccccc1. The highest BCUT2D eigenvalue weighted by Gasteiger charge is 2.21. The number of aliphatic imine (C=N–C) groups is 1. The standard InChI is InChI=1S/C21H17NO3/c23-21(24)20(17-7-3-1-4-8-17)25-19-13-11-16(12-14-19)15-22-18-9-5-2-6-10-18/h1-15,20H,(H,23,24). The Morgan fingerprint density at radius 2 is 1.48 bits per heavy atom. The zero-order valence-corrected chi connectivity index (χ0v) is 13.4. The number of hydrogen-bond acceptors (Lipinski definition) is 3. The van der Waals surface area contributed by atoms with Crippen LogP contribution in [-0.2, 0) is 4.79 Å². The van der Waals surface area contributed by atoms with Crippen molar-refractivity contribution in [1.82, 2.24) is 0 Å². The third-order valence-corrected chi connectivity index (χ3v) is 3.58. The van der Waals surface area contributed by atoms with Gasteiger partial charge < -0.3 is 9.84 Å². The predicted octanol–water partition coefficient (Wildman–Crippen LogP) is 4.64. The van der Waals surface area contributed by atoms with Crippen LogP contribution in [-0.4, -0.2) is 17.3 Å². The number of ether oxygens (including phenoxy) is 1. The normalized spacial score (nSPS) is 12.0. The summed E-state index contributed by atoms with van der Waals surface area (Å²) in [6.07, 6.45) is 0.718. The zero-order chi connectivity index (χ0) is 17.5. The topological polar surface area (TPSA) is 58.9 Å². The molecule has 0 aliphatic heterocycles. The van der Waals surface area contributed by atoms with E-state index < -0.39 is 12.1 Å². The van der Waals surface area contributed by atoms with Gasteiger partial charge in [-0.05, 0) is 42.0 Å². The minimum atomic E-state index is -1.04. The summed E-state index contributed by atoms with van der Waals surface area (Å²) in [6, 6.07) is 25.7. The summed E-state index contributed by atoms with van der Waals surface area (Å²) in [5.74, 6) is -0.533. The zero-order valence-electron chi connectivity index (χ0n) is 13.4. The number of carbonyl (C=O) groups is 1. The van der Waals surface area contributed by atoms with Crippen molar-refractivity contribution in [2.24, 2.45) is 4.99 Å². The number of nitrogens with zero attached hydrogens (tertiary/aromatic N) is 1. The lowest BCUT2D eigenvalue weighted by atomic mass is 10.1. The fraction of sp³-hybridized carbons (Fsp3) is 0.0476. The lowest BCUT2D eigenvalue weighted by Gasteiger charge is -2.15. The molecule has 0 aliphatic rings. The predicted molar refractivity (Wildman–Crippen MR) is 97.6 cm³/mol. The van der Waals surface area contributed by atoms with E-state index in [2.05, 4.69) is 4.99 Å². The number of rotatable bonds is 6. The maximum absolute atomic E-state index is 11.5. The Labute approximate surface area is 146 Å². The summed E-state index contributed by atoms with van der Waals surface area (Å²) in [5, 5.41) is 9.41. The van der Waals surface area contributed by atoms with Gasteiger partial charge in [0.2, 0.25) is 6.10 Å². The second-order valence-corrected chi connectivity index (χ2v) is 5.41. The minimum absolute atomic E-state index is 0.494. The molecule has 0 saturated carbocycles. The first kappa shape index (κ1) is 16.5. The molecule has 4 nitrogen and oxygen atoms in total. The van der Waals surface area contributed by atoms with E-state index in [0.717, 1.165) is 11.3 Å². The highest BCUT2D eigenvalue weighted by Crippen LogP contribution is 2.22. The van der Waals surface area contributed by atoms with Crippen molar-refractivity contribution in [3.63, 3.8) is 0 Å². The Morgan fingerprint density at radius 1 is 0.880 bits per heavy atom. The summed E-state index contributed by atoms with van der Waals surface area (Å²) in [5.41, 5.74) is 2.38. The second kappa shape index (κ2) is 7.93. The van der Waals surface area contributed by atoms with E-state index in [4.69, 9.17) is 4.74 Å². The molecule has 1 atom stereocenters. The Morgan fingerprint density at radius 3 is 2.08 bits per heavy atom. The van der Waals surface area contributed by atoms with E-state index in [1.807, 2.05) is 48.5 Å². The Hall–Kier alpha value is -3.40. The van der Waals surface area contributed by atoms with Crippen LogP contribution >= 0.6 is 0 Å². The number of carboxylic acid groups (broad SMARTS) is 1. The molecule has 0 fully saturated rings. The molecule has 124 valence electrons. The molecule has 0 saturated heterocycles. The minimum Gasteiger partial charge on any atom is -0.478 e. The molecule has 0 aromatic heterocycles. The van der Waals surface area contributed by atoms with Gasteiger partial charge in [-0.15, -0.1) is 0 Å². The maximum atomic E-state index is 11.5. The van der Waals surface area contributed by atoms with Crippen molar-refractivity contribution < 1.29 is 14.6 Å². The molecule has 0 spiro atoms. The van der Waals surface area contributed by atoms with E-state index in [1.54, 1.807) is 42.6 Å². The number of aliphatic carboxylic acids is 1. The van der Waals surface area contributed by atoms with Crippen LogP contribution in [0.2, 0.25) is 0 Å². The first-order chi connectivity index (χ1) is 12.2. The van der Waals surface area contributed by atoms with E-state index in [1.165, 1.54) is 0 Å². The smallest absolute Gasteiger partial charge is 0.349 e.